The van der Waals surface area contributed by atoms with E-state index >= 15 is 0 Å². The van der Waals surface area contributed by atoms with Gasteiger partial charge in [-0.25, -0.2) is 9.50 Å². The van der Waals surface area contributed by atoms with Crippen molar-refractivity contribution in [1.82, 2.24) is 19.5 Å². The van der Waals surface area contributed by atoms with E-state index in [9.17, 15) is 9.59 Å². The van der Waals surface area contributed by atoms with E-state index < -0.39 is 5.97 Å². The number of esters is 1. The highest BCUT2D eigenvalue weighted by molar-refractivity contribution is 6.31. The smallest absolute Gasteiger partial charge is 0.325 e. The van der Waals surface area contributed by atoms with Crippen molar-refractivity contribution in [3.8, 4) is 0 Å². The number of halogens is 1. The molecule has 3 rings (SSSR count). The second-order valence-electron chi connectivity index (χ2n) is 5.27. The number of fused-ring (bicyclic) bond motifs is 1. The van der Waals surface area contributed by atoms with Crippen LogP contribution in [0.15, 0.2) is 48.9 Å². The first-order valence-electron chi connectivity index (χ1n) is 7.48. The van der Waals surface area contributed by atoms with Crippen LogP contribution in [0.25, 0.3) is 5.65 Å². The number of carbonyl (C=O) groups excluding carboxylic acids is 2. The molecular formula is C17H15ClN4O3. The summed E-state index contributed by atoms with van der Waals surface area (Å²) in [6, 6.07) is 8.86. The number of ether oxygens (including phenoxy) is 1. The van der Waals surface area contributed by atoms with Gasteiger partial charge in [-0.15, -0.1) is 0 Å². The minimum atomic E-state index is -0.523. The van der Waals surface area contributed by atoms with Crippen LogP contribution >= 0.6 is 11.6 Å². The van der Waals surface area contributed by atoms with Gasteiger partial charge in [-0.3, -0.25) is 9.59 Å². The van der Waals surface area contributed by atoms with Gasteiger partial charge in [0.25, 0.3) is 5.91 Å². The maximum atomic E-state index is 13.0. The third-order valence-corrected chi connectivity index (χ3v) is 4.03. The average molecular weight is 359 g/mol. The molecule has 0 aliphatic carbocycles. The Hall–Kier alpha value is -2.93. The summed E-state index contributed by atoms with van der Waals surface area (Å²) in [7, 11) is 1.28. The number of methoxy groups -OCH3 is 1. The van der Waals surface area contributed by atoms with Crippen molar-refractivity contribution in [1.29, 1.82) is 0 Å². The first kappa shape index (κ1) is 16.9. The second kappa shape index (κ2) is 7.31. The van der Waals surface area contributed by atoms with Gasteiger partial charge in [0.1, 0.15) is 12.1 Å². The molecule has 0 saturated carbocycles. The van der Waals surface area contributed by atoms with E-state index in [1.807, 2.05) is 6.07 Å². The highest BCUT2D eigenvalue weighted by atomic mass is 35.5. The first-order valence-corrected chi connectivity index (χ1v) is 7.86. The lowest BCUT2D eigenvalue weighted by atomic mass is 10.2. The van der Waals surface area contributed by atoms with E-state index in [0.717, 1.165) is 5.56 Å². The fraction of sp³-hybridized carbons (Fsp3) is 0.176. The molecule has 0 bridgehead atoms. The van der Waals surface area contributed by atoms with Crippen LogP contribution in [-0.4, -0.2) is 45.0 Å². The van der Waals surface area contributed by atoms with Crippen molar-refractivity contribution in [2.75, 3.05) is 13.7 Å². The minimum absolute atomic E-state index is 0.164. The number of aromatic nitrogens is 3. The Bertz CT molecular complexity index is 925. The SMILES string of the molecule is COC(=O)CN(Cc1ccccc1Cl)C(=O)c1cnn2cccnc12. The summed E-state index contributed by atoms with van der Waals surface area (Å²) in [5.41, 5.74) is 1.45. The Balaban J connectivity index is 1.94. The van der Waals surface area contributed by atoms with Crippen molar-refractivity contribution in [3.63, 3.8) is 0 Å². The Morgan fingerprint density at radius 1 is 1.28 bits per heavy atom. The zero-order valence-corrected chi connectivity index (χ0v) is 14.2. The maximum absolute atomic E-state index is 13.0. The van der Waals surface area contributed by atoms with Gasteiger partial charge >= 0.3 is 5.97 Å². The number of benzene rings is 1. The number of nitrogens with zero attached hydrogens (tertiary/aromatic N) is 4. The summed E-state index contributed by atoms with van der Waals surface area (Å²) in [5, 5.41) is 4.63. The Morgan fingerprint density at radius 3 is 2.84 bits per heavy atom. The van der Waals surface area contributed by atoms with Crippen molar-refractivity contribution < 1.29 is 14.3 Å². The lowest BCUT2D eigenvalue weighted by Crippen LogP contribution is -2.35. The zero-order chi connectivity index (χ0) is 17.8. The molecule has 0 unspecified atom stereocenters. The molecule has 0 saturated heterocycles. The molecule has 0 atom stereocenters. The largest absolute Gasteiger partial charge is 0.468 e. The summed E-state index contributed by atoms with van der Waals surface area (Å²) in [5.74, 6) is -0.899. The number of rotatable bonds is 5. The molecule has 1 aromatic carbocycles. The van der Waals surface area contributed by atoms with Crippen LogP contribution in [0.3, 0.4) is 0 Å². The van der Waals surface area contributed by atoms with Crippen LogP contribution < -0.4 is 0 Å². The van der Waals surface area contributed by atoms with E-state index in [1.54, 1.807) is 36.7 Å². The molecular weight excluding hydrogens is 344 g/mol. The van der Waals surface area contributed by atoms with E-state index in [1.165, 1.54) is 22.7 Å². The van der Waals surface area contributed by atoms with Crippen molar-refractivity contribution >= 4 is 29.1 Å². The predicted molar refractivity (Wildman–Crippen MR) is 91.2 cm³/mol. The lowest BCUT2D eigenvalue weighted by Gasteiger charge is -2.21. The molecule has 0 spiro atoms. The third kappa shape index (κ3) is 3.61. The number of hydrogen-bond donors (Lipinski definition) is 0. The van der Waals surface area contributed by atoms with Gasteiger partial charge in [0.2, 0.25) is 0 Å². The number of amides is 1. The van der Waals surface area contributed by atoms with Gasteiger partial charge < -0.3 is 9.64 Å². The van der Waals surface area contributed by atoms with E-state index in [-0.39, 0.29) is 19.0 Å². The standard InChI is InChI=1S/C17H15ClN4O3/c1-25-15(23)11-21(10-12-5-2-3-6-14(12)18)17(24)13-9-20-22-8-4-7-19-16(13)22/h2-9H,10-11H2,1H3. The molecule has 3 aromatic rings. The van der Waals surface area contributed by atoms with Crippen molar-refractivity contribution in [3.05, 3.63) is 65.1 Å². The molecule has 0 fully saturated rings. The number of carbonyl (C=O) groups is 2. The molecule has 2 aromatic heterocycles. The summed E-state index contributed by atoms with van der Waals surface area (Å²) in [4.78, 5) is 30.3. The van der Waals surface area contributed by atoms with Gasteiger partial charge in [-0.1, -0.05) is 29.8 Å². The highest BCUT2D eigenvalue weighted by Gasteiger charge is 2.24. The van der Waals surface area contributed by atoms with Crippen LogP contribution in [0.2, 0.25) is 5.02 Å². The van der Waals surface area contributed by atoms with Gasteiger partial charge in [-0.05, 0) is 17.7 Å². The van der Waals surface area contributed by atoms with Crippen LogP contribution in [0.4, 0.5) is 0 Å². The Labute approximate surface area is 148 Å². The molecule has 1 amide bonds. The summed E-state index contributed by atoms with van der Waals surface area (Å²) >= 11 is 6.18. The Kier molecular flexibility index (Phi) is 4.95. The van der Waals surface area contributed by atoms with Crippen LogP contribution in [0.5, 0.6) is 0 Å². The van der Waals surface area contributed by atoms with Crippen LogP contribution in [0, 0.1) is 0 Å². The molecule has 8 heteroatoms. The van der Waals surface area contributed by atoms with Gasteiger partial charge in [0.15, 0.2) is 5.65 Å². The predicted octanol–water partition coefficient (Wildman–Crippen LogP) is 2.20. The minimum Gasteiger partial charge on any atom is -0.468 e. The normalized spacial score (nSPS) is 10.6. The topological polar surface area (TPSA) is 76.8 Å². The van der Waals surface area contributed by atoms with E-state index in [2.05, 4.69) is 10.1 Å². The maximum Gasteiger partial charge on any atom is 0.325 e. The van der Waals surface area contributed by atoms with Crippen LogP contribution in [-0.2, 0) is 16.1 Å². The van der Waals surface area contributed by atoms with Gasteiger partial charge in [-0.2, -0.15) is 5.10 Å². The Morgan fingerprint density at radius 2 is 2.08 bits per heavy atom. The average Bonchev–Trinajstić information content (AvgIpc) is 3.06. The van der Waals surface area contributed by atoms with Crippen LogP contribution in [0.1, 0.15) is 15.9 Å². The molecule has 2 heterocycles. The molecule has 0 N–H and O–H groups in total. The summed E-state index contributed by atoms with van der Waals surface area (Å²) in [6.07, 6.45) is 4.70. The fourth-order valence-corrected chi connectivity index (χ4v) is 2.60. The zero-order valence-electron chi connectivity index (χ0n) is 13.4. The van der Waals surface area contributed by atoms with E-state index in [0.29, 0.717) is 16.2 Å². The molecule has 7 nitrogen and oxygen atoms in total. The lowest BCUT2D eigenvalue weighted by molar-refractivity contribution is -0.141. The molecule has 25 heavy (non-hydrogen) atoms. The van der Waals surface area contributed by atoms with Crippen molar-refractivity contribution in [2.24, 2.45) is 0 Å². The van der Waals surface area contributed by atoms with E-state index in [4.69, 9.17) is 16.3 Å². The molecule has 0 aliphatic rings. The fourth-order valence-electron chi connectivity index (χ4n) is 2.40. The number of hydrogen-bond acceptors (Lipinski definition) is 5. The molecule has 0 radical (unpaired) electrons. The highest BCUT2D eigenvalue weighted by Crippen LogP contribution is 2.19. The quantitative estimate of drug-likeness (QED) is 0.653. The third-order valence-electron chi connectivity index (χ3n) is 3.66. The summed E-state index contributed by atoms with van der Waals surface area (Å²) in [6.45, 7) is -0.0392. The molecule has 0 aliphatic heterocycles. The van der Waals surface area contributed by atoms with Gasteiger partial charge in [0, 0.05) is 24.0 Å². The monoisotopic (exact) mass is 358 g/mol. The van der Waals surface area contributed by atoms with Gasteiger partial charge in [0.05, 0.1) is 13.3 Å². The molecule has 128 valence electrons. The van der Waals surface area contributed by atoms with Crippen molar-refractivity contribution in [2.45, 2.75) is 6.54 Å². The first-order chi connectivity index (χ1) is 12.1. The second-order valence-corrected chi connectivity index (χ2v) is 5.68. The summed E-state index contributed by atoms with van der Waals surface area (Å²) < 4.78 is 6.20.